The van der Waals surface area contributed by atoms with Crippen LogP contribution in [0.3, 0.4) is 0 Å². The van der Waals surface area contributed by atoms with Gasteiger partial charge in [-0.05, 0) is 18.0 Å². The molecular weight excluding hydrogens is 538 g/mol. The first-order valence-corrected chi connectivity index (χ1v) is 14.3. The number of pyridine rings is 2. The fraction of sp³-hybridized carbons (Fsp3) is 0.304. The predicted octanol–water partition coefficient (Wildman–Crippen LogP) is 1.82. The van der Waals surface area contributed by atoms with Crippen molar-refractivity contribution in [3.8, 4) is 11.4 Å². The molecule has 0 unspecified atom stereocenters. The standard InChI is InChI=1S/C23H21N5O8S2/c1-37-27(7-8-36-38(2,33)34)24-10-15-13-5-3-4-6-18(13)25-20-16(15)11-26-22(20)21(28(31)32)14-9-19(29)35-12-17(14)23(26)30/h3-6,10H,7-9,11-12H2,1-2H3/b24-10+. The average Bonchev–Trinajstić information content (AvgIpc) is 3.23. The number of carbonyl (C=O) groups excluding carboxylic acids is 1. The van der Waals surface area contributed by atoms with Gasteiger partial charge >= 0.3 is 5.97 Å². The number of aromatic nitrogens is 2. The number of hydrazone groups is 1. The second-order valence-corrected chi connectivity index (χ2v) is 11.0. The minimum atomic E-state index is -3.60. The van der Waals surface area contributed by atoms with Gasteiger partial charge in [-0.15, -0.1) is 0 Å². The third-order valence-corrected chi connectivity index (χ3v) is 7.51. The molecule has 198 valence electrons. The van der Waals surface area contributed by atoms with Crippen LogP contribution >= 0.6 is 11.9 Å². The Morgan fingerprint density at radius 1 is 1.29 bits per heavy atom. The van der Waals surface area contributed by atoms with Gasteiger partial charge in [-0.25, -0.2) is 9.40 Å². The summed E-state index contributed by atoms with van der Waals surface area (Å²) in [6, 6.07) is 7.18. The zero-order chi connectivity index (χ0) is 27.2. The zero-order valence-electron chi connectivity index (χ0n) is 20.2. The first kappa shape index (κ1) is 25.8. The highest BCUT2D eigenvalue weighted by molar-refractivity contribution is 7.96. The summed E-state index contributed by atoms with van der Waals surface area (Å²) in [7, 11) is -3.60. The summed E-state index contributed by atoms with van der Waals surface area (Å²) in [6.45, 7) is -0.249. The summed E-state index contributed by atoms with van der Waals surface area (Å²) in [5, 5.41) is 17.4. The molecule has 0 saturated heterocycles. The highest BCUT2D eigenvalue weighted by Crippen LogP contribution is 2.42. The third kappa shape index (κ3) is 4.63. The van der Waals surface area contributed by atoms with Crippen LogP contribution in [-0.2, 0) is 43.4 Å². The van der Waals surface area contributed by atoms with Crippen molar-refractivity contribution in [3.05, 3.63) is 67.0 Å². The zero-order valence-corrected chi connectivity index (χ0v) is 21.9. The number of para-hydroxylation sites is 1. The normalized spacial score (nSPS) is 14.3. The van der Waals surface area contributed by atoms with Gasteiger partial charge in [-0.3, -0.25) is 28.5 Å². The summed E-state index contributed by atoms with van der Waals surface area (Å²) >= 11 is 1.25. The largest absolute Gasteiger partial charge is 0.460 e. The molecule has 0 saturated carbocycles. The molecule has 0 spiro atoms. The SMILES string of the molecule is CSN(CCOS(C)(=O)=O)/N=C/c1c2c(nc3ccccc13)-c1c([N+](=O)[O-])c3c(c(=O)n1C2)COC(=O)C3. The van der Waals surface area contributed by atoms with Gasteiger partial charge in [0.05, 0.1) is 60.2 Å². The smallest absolute Gasteiger partial charge is 0.310 e. The number of benzene rings is 1. The van der Waals surface area contributed by atoms with E-state index >= 15 is 0 Å². The lowest BCUT2D eigenvalue weighted by Crippen LogP contribution is -2.31. The lowest BCUT2D eigenvalue weighted by Gasteiger charge is -2.17. The van der Waals surface area contributed by atoms with Crippen molar-refractivity contribution in [1.82, 2.24) is 14.0 Å². The van der Waals surface area contributed by atoms with Crippen molar-refractivity contribution < 1.29 is 27.1 Å². The van der Waals surface area contributed by atoms with Gasteiger partial charge < -0.3 is 4.74 Å². The van der Waals surface area contributed by atoms with Crippen molar-refractivity contribution in [1.29, 1.82) is 0 Å². The Labute approximate surface area is 220 Å². The topological polar surface area (TPSA) is 163 Å². The maximum atomic E-state index is 13.4. The minimum Gasteiger partial charge on any atom is -0.460 e. The van der Waals surface area contributed by atoms with Crippen molar-refractivity contribution in [2.75, 3.05) is 25.7 Å². The van der Waals surface area contributed by atoms with E-state index in [9.17, 15) is 28.1 Å². The molecular formula is C23H21N5O8S2. The molecule has 15 heteroatoms. The molecule has 0 N–H and O–H groups in total. The van der Waals surface area contributed by atoms with E-state index in [-0.39, 0.29) is 60.9 Å². The molecule has 0 amide bonds. The number of carbonyl (C=O) groups is 1. The van der Waals surface area contributed by atoms with E-state index in [1.807, 2.05) is 12.1 Å². The summed E-state index contributed by atoms with van der Waals surface area (Å²) in [5.74, 6) is -0.639. The first-order valence-electron chi connectivity index (χ1n) is 11.3. The van der Waals surface area contributed by atoms with Gasteiger partial charge in [0.15, 0.2) is 0 Å². The quantitative estimate of drug-likeness (QED) is 0.0772. The Bertz CT molecular complexity index is 1700. The van der Waals surface area contributed by atoms with Crippen LogP contribution in [0, 0.1) is 10.1 Å². The van der Waals surface area contributed by atoms with Crippen LogP contribution in [0.5, 0.6) is 0 Å². The van der Waals surface area contributed by atoms with Crippen molar-refractivity contribution in [2.24, 2.45) is 5.10 Å². The van der Waals surface area contributed by atoms with Gasteiger partial charge in [0, 0.05) is 22.8 Å². The summed E-state index contributed by atoms with van der Waals surface area (Å²) in [6.07, 6.45) is 3.92. The molecule has 0 fully saturated rings. The number of hydrogen-bond acceptors (Lipinski definition) is 12. The molecule has 0 radical (unpaired) electrons. The van der Waals surface area contributed by atoms with Gasteiger partial charge in [0.2, 0.25) is 0 Å². The Hall–Kier alpha value is -3.82. The monoisotopic (exact) mass is 559 g/mol. The van der Waals surface area contributed by atoms with E-state index in [0.29, 0.717) is 16.6 Å². The van der Waals surface area contributed by atoms with Gasteiger partial charge in [0.1, 0.15) is 18.0 Å². The Morgan fingerprint density at radius 3 is 2.76 bits per heavy atom. The van der Waals surface area contributed by atoms with E-state index in [1.165, 1.54) is 20.9 Å². The maximum absolute atomic E-state index is 13.4. The van der Waals surface area contributed by atoms with Crippen molar-refractivity contribution in [2.45, 2.75) is 19.6 Å². The molecule has 0 aliphatic carbocycles. The number of esters is 1. The average molecular weight is 560 g/mol. The number of nitrogens with zero attached hydrogens (tertiary/aromatic N) is 5. The molecule has 2 aliphatic heterocycles. The van der Waals surface area contributed by atoms with E-state index in [4.69, 9.17) is 8.92 Å². The van der Waals surface area contributed by atoms with Crippen LogP contribution in [0.15, 0.2) is 34.2 Å². The summed E-state index contributed by atoms with van der Waals surface area (Å²) in [5.41, 5.74) is 1.38. The van der Waals surface area contributed by atoms with Gasteiger partial charge in [0.25, 0.3) is 21.4 Å². The number of nitro groups is 1. The van der Waals surface area contributed by atoms with Gasteiger partial charge in [-0.1, -0.05) is 18.2 Å². The molecule has 38 heavy (non-hydrogen) atoms. The lowest BCUT2D eigenvalue weighted by molar-refractivity contribution is -0.385. The Morgan fingerprint density at radius 2 is 2.05 bits per heavy atom. The number of hydrogen-bond donors (Lipinski definition) is 0. The fourth-order valence-corrected chi connectivity index (χ4v) is 5.38. The van der Waals surface area contributed by atoms with Crippen molar-refractivity contribution in [3.63, 3.8) is 0 Å². The molecule has 0 bridgehead atoms. The number of fused-ring (bicyclic) bond motifs is 5. The third-order valence-electron chi connectivity index (χ3n) is 6.21. The lowest BCUT2D eigenvalue weighted by atomic mass is 9.98. The predicted molar refractivity (Wildman–Crippen MR) is 139 cm³/mol. The minimum absolute atomic E-state index is 0.0151. The Balaban J connectivity index is 1.67. The van der Waals surface area contributed by atoms with Crippen LogP contribution in [0.1, 0.15) is 22.3 Å². The van der Waals surface area contributed by atoms with Crippen LogP contribution in [-0.4, -0.2) is 65.2 Å². The second-order valence-electron chi connectivity index (χ2n) is 8.54. The van der Waals surface area contributed by atoms with Gasteiger partial charge in [-0.2, -0.15) is 13.5 Å². The van der Waals surface area contributed by atoms with Crippen molar-refractivity contribution >= 4 is 50.8 Å². The van der Waals surface area contributed by atoms with E-state index < -0.39 is 26.6 Å². The number of ether oxygens (including phenoxy) is 1. The van der Waals surface area contributed by atoms with E-state index in [1.54, 1.807) is 24.6 Å². The van der Waals surface area contributed by atoms with Crippen LogP contribution in [0.4, 0.5) is 5.69 Å². The van der Waals surface area contributed by atoms with Crippen LogP contribution < -0.4 is 5.56 Å². The molecule has 0 atom stereocenters. The summed E-state index contributed by atoms with van der Waals surface area (Å²) in [4.78, 5) is 41.7. The van der Waals surface area contributed by atoms with E-state index in [2.05, 4.69) is 10.1 Å². The maximum Gasteiger partial charge on any atom is 0.310 e. The molecule has 2 aromatic heterocycles. The fourth-order valence-electron chi connectivity index (χ4n) is 4.61. The molecule has 3 aromatic rings. The highest BCUT2D eigenvalue weighted by Gasteiger charge is 2.39. The summed E-state index contributed by atoms with van der Waals surface area (Å²) < 4.78 is 35.2. The van der Waals surface area contributed by atoms with E-state index in [0.717, 1.165) is 11.6 Å². The highest BCUT2D eigenvalue weighted by atomic mass is 32.2. The molecule has 2 aliphatic rings. The van der Waals surface area contributed by atoms with Crippen LogP contribution in [0.2, 0.25) is 0 Å². The molecule has 1 aromatic carbocycles. The molecule has 13 nitrogen and oxygen atoms in total. The number of rotatable bonds is 8. The second kappa shape index (κ2) is 9.81. The molecule has 4 heterocycles. The first-order chi connectivity index (χ1) is 18.1. The molecule has 5 rings (SSSR count). The Kier molecular flexibility index (Phi) is 6.66. The van der Waals surface area contributed by atoms with Crippen LogP contribution in [0.25, 0.3) is 22.3 Å². The number of cyclic esters (lactones) is 1.